The van der Waals surface area contributed by atoms with Gasteiger partial charge in [0.15, 0.2) is 0 Å². The number of nitrogens with one attached hydrogen (secondary N) is 1. The zero-order valence-electron chi connectivity index (χ0n) is 13.3. The number of carbonyl (C=O) groups is 1. The second kappa shape index (κ2) is 7.41. The van der Waals surface area contributed by atoms with Gasteiger partial charge in [-0.1, -0.05) is 12.1 Å². The maximum atomic E-state index is 12.5. The molecule has 7 nitrogen and oxygen atoms in total. The van der Waals surface area contributed by atoms with Crippen LogP contribution in [-0.2, 0) is 11.2 Å². The number of rotatable bonds is 7. The average Bonchev–Trinajstić information content (AvgIpc) is 3.32. The van der Waals surface area contributed by atoms with Gasteiger partial charge in [-0.15, -0.1) is 0 Å². The molecule has 3 heterocycles. The third kappa shape index (κ3) is 3.79. The lowest BCUT2D eigenvalue weighted by Crippen LogP contribution is -2.42. The molecule has 0 aliphatic carbocycles. The van der Waals surface area contributed by atoms with Gasteiger partial charge < -0.3 is 19.2 Å². The molecule has 1 unspecified atom stereocenters. The smallest absolute Gasteiger partial charge is 0.227 e. The van der Waals surface area contributed by atoms with Crippen LogP contribution in [0.1, 0.15) is 32.1 Å². The van der Waals surface area contributed by atoms with Gasteiger partial charge >= 0.3 is 0 Å². The average molecular weight is 318 g/mol. The molecule has 2 aromatic heterocycles. The van der Waals surface area contributed by atoms with E-state index in [0.29, 0.717) is 30.6 Å². The predicted molar refractivity (Wildman–Crippen MR) is 83.6 cm³/mol. The summed E-state index contributed by atoms with van der Waals surface area (Å²) in [6.07, 6.45) is 5.97. The summed E-state index contributed by atoms with van der Waals surface area (Å²) in [6, 6.07) is 2.09. The minimum Gasteiger partial charge on any atom is -0.472 e. The molecule has 1 amide bonds. The lowest BCUT2D eigenvalue weighted by Gasteiger charge is -2.28. The molecule has 124 valence electrons. The number of hydrogen-bond donors (Lipinski definition) is 1. The van der Waals surface area contributed by atoms with Crippen molar-refractivity contribution in [3.8, 4) is 11.4 Å². The van der Waals surface area contributed by atoms with Crippen LogP contribution in [-0.4, -0.2) is 46.6 Å². The third-order valence-corrected chi connectivity index (χ3v) is 4.06. The van der Waals surface area contributed by atoms with Crippen LogP contribution in [0.15, 0.2) is 27.5 Å². The molecule has 7 heteroatoms. The highest BCUT2D eigenvalue weighted by Crippen LogP contribution is 2.17. The van der Waals surface area contributed by atoms with E-state index in [-0.39, 0.29) is 5.91 Å². The van der Waals surface area contributed by atoms with Crippen molar-refractivity contribution in [3.05, 3.63) is 24.5 Å². The quantitative estimate of drug-likeness (QED) is 0.839. The molecule has 23 heavy (non-hydrogen) atoms. The Kier molecular flexibility index (Phi) is 5.07. The van der Waals surface area contributed by atoms with Crippen LogP contribution in [0.25, 0.3) is 11.4 Å². The largest absolute Gasteiger partial charge is 0.472 e. The Morgan fingerprint density at radius 3 is 3.13 bits per heavy atom. The number of hydrogen-bond acceptors (Lipinski definition) is 6. The molecule has 0 aromatic carbocycles. The van der Waals surface area contributed by atoms with Crippen molar-refractivity contribution in [2.24, 2.45) is 0 Å². The molecule has 2 aromatic rings. The summed E-state index contributed by atoms with van der Waals surface area (Å²) in [5.41, 5.74) is 0.774. The van der Waals surface area contributed by atoms with Crippen molar-refractivity contribution in [2.75, 3.05) is 19.6 Å². The van der Waals surface area contributed by atoms with E-state index in [4.69, 9.17) is 8.94 Å². The molecule has 1 atom stereocenters. The lowest BCUT2D eigenvalue weighted by molar-refractivity contribution is -0.133. The van der Waals surface area contributed by atoms with Crippen LogP contribution < -0.4 is 5.32 Å². The van der Waals surface area contributed by atoms with E-state index in [1.54, 1.807) is 18.6 Å². The SMILES string of the molecule is CCCN(C(=O)CCc1nc(-c2ccoc2)no1)C1CCNC1. The molecular formula is C16H22N4O3. The number of furan rings is 1. The maximum Gasteiger partial charge on any atom is 0.227 e. The van der Waals surface area contributed by atoms with Crippen LogP contribution in [0.3, 0.4) is 0 Å². The Morgan fingerprint density at radius 2 is 2.43 bits per heavy atom. The monoisotopic (exact) mass is 318 g/mol. The van der Waals surface area contributed by atoms with Crippen LogP contribution in [0.4, 0.5) is 0 Å². The predicted octanol–water partition coefficient (Wildman–Crippen LogP) is 1.86. The van der Waals surface area contributed by atoms with Crippen molar-refractivity contribution < 1.29 is 13.7 Å². The molecule has 0 bridgehead atoms. The molecule has 0 radical (unpaired) electrons. The van der Waals surface area contributed by atoms with Crippen molar-refractivity contribution in [1.82, 2.24) is 20.4 Å². The summed E-state index contributed by atoms with van der Waals surface area (Å²) in [5, 5.41) is 7.23. The molecule has 1 N–H and O–H groups in total. The molecule has 0 spiro atoms. The Morgan fingerprint density at radius 1 is 1.52 bits per heavy atom. The van der Waals surface area contributed by atoms with Crippen molar-refractivity contribution in [2.45, 2.75) is 38.6 Å². The van der Waals surface area contributed by atoms with E-state index >= 15 is 0 Å². The van der Waals surface area contributed by atoms with Crippen molar-refractivity contribution in [3.63, 3.8) is 0 Å². The zero-order chi connectivity index (χ0) is 16.1. The summed E-state index contributed by atoms with van der Waals surface area (Å²) in [4.78, 5) is 18.8. The van der Waals surface area contributed by atoms with E-state index < -0.39 is 0 Å². The van der Waals surface area contributed by atoms with E-state index in [9.17, 15) is 4.79 Å². The highest BCUT2D eigenvalue weighted by Gasteiger charge is 2.25. The highest BCUT2D eigenvalue weighted by molar-refractivity contribution is 5.76. The van der Waals surface area contributed by atoms with Gasteiger partial charge in [0.1, 0.15) is 6.26 Å². The van der Waals surface area contributed by atoms with Gasteiger partial charge in [-0.25, -0.2) is 0 Å². The third-order valence-electron chi connectivity index (χ3n) is 4.06. The second-order valence-corrected chi connectivity index (χ2v) is 5.76. The first kappa shape index (κ1) is 15.7. The van der Waals surface area contributed by atoms with Crippen LogP contribution in [0.2, 0.25) is 0 Å². The van der Waals surface area contributed by atoms with Gasteiger partial charge in [-0.3, -0.25) is 4.79 Å². The molecule has 1 saturated heterocycles. The summed E-state index contributed by atoms with van der Waals surface area (Å²) in [5.74, 6) is 1.13. The van der Waals surface area contributed by atoms with E-state index in [0.717, 1.165) is 38.0 Å². The van der Waals surface area contributed by atoms with Crippen LogP contribution in [0, 0.1) is 0 Å². The normalized spacial score (nSPS) is 17.5. The molecule has 3 rings (SSSR count). The first-order valence-electron chi connectivity index (χ1n) is 8.13. The summed E-state index contributed by atoms with van der Waals surface area (Å²) in [7, 11) is 0. The summed E-state index contributed by atoms with van der Waals surface area (Å²) in [6.45, 7) is 4.76. The Hall–Kier alpha value is -2.15. The maximum absolute atomic E-state index is 12.5. The van der Waals surface area contributed by atoms with E-state index in [1.165, 1.54) is 0 Å². The molecule has 1 aliphatic rings. The van der Waals surface area contributed by atoms with E-state index in [2.05, 4.69) is 22.4 Å². The Balaban J connectivity index is 1.57. The molecule has 0 saturated carbocycles. The molecule has 1 fully saturated rings. The summed E-state index contributed by atoms with van der Waals surface area (Å²) >= 11 is 0. The van der Waals surface area contributed by atoms with Gasteiger partial charge in [0.25, 0.3) is 0 Å². The number of amides is 1. The van der Waals surface area contributed by atoms with Crippen molar-refractivity contribution >= 4 is 5.91 Å². The fourth-order valence-corrected chi connectivity index (χ4v) is 2.88. The Labute approximate surface area is 135 Å². The van der Waals surface area contributed by atoms with Crippen LogP contribution >= 0.6 is 0 Å². The first-order chi connectivity index (χ1) is 11.3. The first-order valence-corrected chi connectivity index (χ1v) is 8.13. The number of carbonyl (C=O) groups excluding carboxylic acids is 1. The fraction of sp³-hybridized carbons (Fsp3) is 0.562. The van der Waals surface area contributed by atoms with Gasteiger partial charge in [-0.05, 0) is 25.5 Å². The standard InChI is InChI=1S/C16H22N4O3/c1-2-8-20(13-5-7-17-10-13)15(21)4-3-14-18-16(19-23-14)12-6-9-22-11-12/h6,9,11,13,17H,2-5,7-8,10H2,1H3. The fourth-order valence-electron chi connectivity index (χ4n) is 2.88. The highest BCUT2D eigenvalue weighted by atomic mass is 16.5. The van der Waals surface area contributed by atoms with Crippen LogP contribution in [0.5, 0.6) is 0 Å². The van der Waals surface area contributed by atoms with Gasteiger partial charge in [0.05, 0.1) is 11.8 Å². The van der Waals surface area contributed by atoms with Gasteiger partial charge in [0, 0.05) is 32.0 Å². The topological polar surface area (TPSA) is 84.4 Å². The van der Waals surface area contributed by atoms with Crippen molar-refractivity contribution in [1.29, 1.82) is 0 Å². The molecule has 1 aliphatic heterocycles. The zero-order valence-corrected chi connectivity index (χ0v) is 13.3. The lowest BCUT2D eigenvalue weighted by atomic mass is 10.1. The second-order valence-electron chi connectivity index (χ2n) is 5.76. The van der Waals surface area contributed by atoms with Gasteiger partial charge in [-0.2, -0.15) is 4.98 Å². The summed E-state index contributed by atoms with van der Waals surface area (Å²) < 4.78 is 10.2. The van der Waals surface area contributed by atoms with E-state index in [1.807, 2.05) is 4.90 Å². The number of nitrogens with zero attached hydrogens (tertiary/aromatic N) is 3. The minimum absolute atomic E-state index is 0.156. The minimum atomic E-state index is 0.156. The molecular weight excluding hydrogens is 296 g/mol. The number of aromatic nitrogens is 2. The van der Waals surface area contributed by atoms with Gasteiger partial charge in [0.2, 0.25) is 17.6 Å². The number of aryl methyl sites for hydroxylation is 1. The Bertz CT molecular complexity index is 617.